The summed E-state index contributed by atoms with van der Waals surface area (Å²) >= 11 is 0. The normalized spacial score (nSPS) is 17.0. The van der Waals surface area contributed by atoms with Gasteiger partial charge in [0.1, 0.15) is 6.10 Å². The van der Waals surface area contributed by atoms with Crippen LogP contribution in [0, 0.1) is 6.10 Å². The molecule has 0 aromatic heterocycles. The Morgan fingerprint density at radius 3 is 2.38 bits per heavy atom. The van der Waals surface area contributed by atoms with Gasteiger partial charge in [-0.25, -0.2) is 4.79 Å². The van der Waals surface area contributed by atoms with Crippen molar-refractivity contribution in [3.63, 3.8) is 0 Å². The van der Waals surface area contributed by atoms with Gasteiger partial charge < -0.3 is 0 Å². The molecule has 1 saturated carbocycles. The first-order valence-electron chi connectivity index (χ1n) is 5.65. The molecule has 0 spiro atoms. The molecule has 1 radical (unpaired) electrons. The Bertz CT molecular complexity index is 328. The number of rotatable bonds is 3. The summed E-state index contributed by atoms with van der Waals surface area (Å²) < 4.78 is 0. The number of carbonyl (C=O) groups is 1. The highest BCUT2D eigenvalue weighted by molar-refractivity contribution is 5.88. The van der Waals surface area contributed by atoms with Crippen LogP contribution < -0.4 is 0 Å². The molecule has 0 atom stereocenters. The van der Waals surface area contributed by atoms with E-state index in [4.69, 9.17) is 9.78 Å². The van der Waals surface area contributed by atoms with Crippen molar-refractivity contribution in [3.8, 4) is 0 Å². The zero-order chi connectivity index (χ0) is 11.2. The van der Waals surface area contributed by atoms with Gasteiger partial charge in [0.2, 0.25) is 0 Å². The van der Waals surface area contributed by atoms with Crippen LogP contribution in [0.3, 0.4) is 0 Å². The average molecular weight is 219 g/mol. The van der Waals surface area contributed by atoms with Gasteiger partial charge >= 0.3 is 5.97 Å². The fourth-order valence-corrected chi connectivity index (χ4v) is 1.75. The van der Waals surface area contributed by atoms with E-state index in [1.807, 2.05) is 6.07 Å². The Balaban J connectivity index is 1.79. The summed E-state index contributed by atoms with van der Waals surface area (Å²) in [5.41, 5.74) is 0.513. The van der Waals surface area contributed by atoms with Crippen LogP contribution in [0.5, 0.6) is 0 Å². The van der Waals surface area contributed by atoms with Crippen LogP contribution in [0.2, 0.25) is 0 Å². The Labute approximate surface area is 95.3 Å². The molecule has 85 valence electrons. The molecule has 2 rings (SSSR count). The lowest BCUT2D eigenvalue weighted by molar-refractivity contribution is -0.239. The van der Waals surface area contributed by atoms with Gasteiger partial charge in [-0.05, 0) is 25.0 Å². The van der Waals surface area contributed by atoms with Crippen LogP contribution >= 0.6 is 0 Å². The molecule has 0 N–H and O–H groups in total. The number of hydrogen-bond donors (Lipinski definition) is 0. The largest absolute Gasteiger partial charge is 0.373 e. The highest BCUT2D eigenvalue weighted by Crippen LogP contribution is 2.26. The van der Waals surface area contributed by atoms with E-state index < -0.39 is 5.97 Å². The van der Waals surface area contributed by atoms with E-state index >= 15 is 0 Å². The number of hydrogen-bond acceptors (Lipinski definition) is 3. The molecule has 3 heteroatoms. The molecule has 0 unspecified atom stereocenters. The van der Waals surface area contributed by atoms with Crippen molar-refractivity contribution in [2.24, 2.45) is 0 Å². The predicted octanol–water partition coefficient (Wildman–Crippen LogP) is 3.27. The van der Waals surface area contributed by atoms with Crippen LogP contribution in [0.25, 0.3) is 0 Å². The van der Waals surface area contributed by atoms with Crippen molar-refractivity contribution in [2.75, 3.05) is 0 Å². The van der Waals surface area contributed by atoms with Gasteiger partial charge in [-0.3, -0.25) is 4.89 Å². The molecule has 1 aliphatic carbocycles. The van der Waals surface area contributed by atoms with Gasteiger partial charge in [0.25, 0.3) is 0 Å². The molecule has 0 amide bonds. The minimum atomic E-state index is -0.432. The molecule has 0 bridgehead atoms. The maximum absolute atomic E-state index is 11.5. The summed E-state index contributed by atoms with van der Waals surface area (Å²) in [7, 11) is 0. The van der Waals surface area contributed by atoms with E-state index in [1.165, 1.54) is 6.42 Å². The van der Waals surface area contributed by atoms with E-state index in [2.05, 4.69) is 0 Å². The van der Waals surface area contributed by atoms with Gasteiger partial charge in [-0.2, -0.15) is 4.89 Å². The van der Waals surface area contributed by atoms with Crippen molar-refractivity contribution in [3.05, 3.63) is 42.0 Å². The predicted molar refractivity (Wildman–Crippen MR) is 59.3 cm³/mol. The summed E-state index contributed by atoms with van der Waals surface area (Å²) in [5.74, 6) is -0.432. The third kappa shape index (κ3) is 3.07. The number of carbonyl (C=O) groups excluding carboxylic acids is 1. The first kappa shape index (κ1) is 11.1. The Morgan fingerprint density at radius 1 is 1.00 bits per heavy atom. The van der Waals surface area contributed by atoms with Gasteiger partial charge in [-0.15, -0.1) is 0 Å². The zero-order valence-corrected chi connectivity index (χ0v) is 9.15. The molecule has 1 aromatic carbocycles. The SMILES string of the molecule is O=C(OO[C]1CCCCC1)c1ccccc1. The van der Waals surface area contributed by atoms with Crippen molar-refractivity contribution in [1.29, 1.82) is 0 Å². The molecular weight excluding hydrogens is 204 g/mol. The lowest BCUT2D eigenvalue weighted by Crippen LogP contribution is -2.12. The number of benzene rings is 1. The fraction of sp³-hybridized carbons (Fsp3) is 0.385. The maximum atomic E-state index is 11.5. The Hall–Kier alpha value is -1.35. The Kier molecular flexibility index (Phi) is 3.94. The molecule has 1 fully saturated rings. The monoisotopic (exact) mass is 219 g/mol. The van der Waals surface area contributed by atoms with Crippen molar-refractivity contribution in [2.45, 2.75) is 32.1 Å². The second-order valence-corrected chi connectivity index (χ2v) is 3.92. The minimum absolute atomic E-state index is 0.432. The van der Waals surface area contributed by atoms with E-state index in [0.29, 0.717) is 5.56 Å². The average Bonchev–Trinajstić information content (AvgIpc) is 2.38. The van der Waals surface area contributed by atoms with Gasteiger partial charge in [-0.1, -0.05) is 37.5 Å². The molecule has 0 saturated heterocycles. The molecule has 3 nitrogen and oxygen atoms in total. The van der Waals surface area contributed by atoms with Crippen LogP contribution in [0.4, 0.5) is 0 Å². The fourth-order valence-electron chi connectivity index (χ4n) is 1.75. The van der Waals surface area contributed by atoms with Gasteiger partial charge in [0.15, 0.2) is 0 Å². The smallest absolute Gasteiger partial charge is 0.292 e. The molecular formula is C13H15O3. The van der Waals surface area contributed by atoms with Crippen LogP contribution in [-0.4, -0.2) is 5.97 Å². The van der Waals surface area contributed by atoms with E-state index in [-0.39, 0.29) is 0 Å². The quantitative estimate of drug-likeness (QED) is 0.578. The van der Waals surface area contributed by atoms with E-state index in [9.17, 15) is 4.79 Å². The maximum Gasteiger partial charge on any atom is 0.373 e. The zero-order valence-electron chi connectivity index (χ0n) is 9.15. The van der Waals surface area contributed by atoms with E-state index in [1.54, 1.807) is 24.3 Å². The Morgan fingerprint density at radius 2 is 1.69 bits per heavy atom. The standard InChI is InChI=1S/C13H15O3/c14-13(11-7-3-1-4-8-11)16-15-12-9-5-2-6-10-12/h1,3-4,7-8H,2,5-6,9-10H2. The van der Waals surface area contributed by atoms with Crippen molar-refractivity contribution in [1.82, 2.24) is 0 Å². The highest BCUT2D eigenvalue weighted by Gasteiger charge is 2.18. The lowest BCUT2D eigenvalue weighted by Gasteiger charge is -2.18. The summed E-state index contributed by atoms with van der Waals surface area (Å²) in [6.07, 6.45) is 6.18. The van der Waals surface area contributed by atoms with Gasteiger partial charge in [0.05, 0.1) is 5.56 Å². The van der Waals surface area contributed by atoms with E-state index in [0.717, 1.165) is 31.8 Å². The van der Waals surface area contributed by atoms with Crippen LogP contribution in [-0.2, 0) is 9.78 Å². The second kappa shape index (κ2) is 5.66. The third-order valence-electron chi connectivity index (χ3n) is 2.66. The van der Waals surface area contributed by atoms with Crippen molar-refractivity contribution < 1.29 is 14.6 Å². The third-order valence-corrected chi connectivity index (χ3v) is 2.66. The highest BCUT2D eigenvalue weighted by atomic mass is 17.2. The van der Waals surface area contributed by atoms with Gasteiger partial charge in [0, 0.05) is 0 Å². The molecule has 0 heterocycles. The minimum Gasteiger partial charge on any atom is -0.292 e. The molecule has 1 aliphatic rings. The summed E-state index contributed by atoms with van der Waals surface area (Å²) in [4.78, 5) is 21.4. The molecule has 16 heavy (non-hydrogen) atoms. The molecule has 1 aromatic rings. The molecule has 0 aliphatic heterocycles. The first-order valence-corrected chi connectivity index (χ1v) is 5.65. The summed E-state index contributed by atoms with van der Waals surface area (Å²) in [6.45, 7) is 0. The first-order chi connectivity index (χ1) is 7.86. The topological polar surface area (TPSA) is 35.5 Å². The lowest BCUT2D eigenvalue weighted by atomic mass is 9.98. The summed E-state index contributed by atoms with van der Waals surface area (Å²) in [6, 6.07) is 8.86. The second-order valence-electron chi connectivity index (χ2n) is 3.92. The van der Waals surface area contributed by atoms with Crippen LogP contribution in [0.15, 0.2) is 30.3 Å². The van der Waals surface area contributed by atoms with Crippen molar-refractivity contribution >= 4 is 5.97 Å². The summed E-state index contributed by atoms with van der Waals surface area (Å²) in [5, 5.41) is 0. The van der Waals surface area contributed by atoms with Crippen LogP contribution in [0.1, 0.15) is 42.5 Å².